The number of rotatable bonds is 4. The number of hydrogen-bond donors (Lipinski definition) is 2. The third-order valence-electron chi connectivity index (χ3n) is 2.06. The Labute approximate surface area is 102 Å². The van der Waals surface area contributed by atoms with Gasteiger partial charge in [0.1, 0.15) is 0 Å². The molecular formula is C12H10N2O2S. The molecule has 0 radical (unpaired) electrons. The molecule has 2 rings (SSSR count). The van der Waals surface area contributed by atoms with Crippen molar-refractivity contribution in [2.24, 2.45) is 5.10 Å². The van der Waals surface area contributed by atoms with Crippen LogP contribution in [0, 0.1) is 0 Å². The van der Waals surface area contributed by atoms with Crippen LogP contribution in [0.5, 0.6) is 0 Å². The average molecular weight is 246 g/mol. The van der Waals surface area contributed by atoms with Gasteiger partial charge in [0.25, 0.3) is 0 Å². The van der Waals surface area contributed by atoms with Crippen LogP contribution in [0.4, 0.5) is 5.69 Å². The van der Waals surface area contributed by atoms with E-state index in [1.165, 1.54) is 12.1 Å². The summed E-state index contributed by atoms with van der Waals surface area (Å²) in [5.41, 5.74) is 3.85. The van der Waals surface area contributed by atoms with Crippen molar-refractivity contribution in [1.82, 2.24) is 0 Å². The zero-order valence-electron chi connectivity index (χ0n) is 8.83. The Hall–Kier alpha value is -2.14. The molecule has 2 N–H and O–H groups in total. The Morgan fingerprint density at radius 2 is 2.06 bits per heavy atom. The number of benzene rings is 1. The maximum absolute atomic E-state index is 10.6. The predicted molar refractivity (Wildman–Crippen MR) is 68.9 cm³/mol. The van der Waals surface area contributed by atoms with E-state index in [0.29, 0.717) is 0 Å². The summed E-state index contributed by atoms with van der Waals surface area (Å²) in [6.07, 6.45) is 1.72. The molecule has 0 fully saturated rings. The van der Waals surface area contributed by atoms with Crippen LogP contribution in [-0.2, 0) is 0 Å². The van der Waals surface area contributed by atoms with Crippen molar-refractivity contribution in [3.63, 3.8) is 0 Å². The highest BCUT2D eigenvalue weighted by Crippen LogP contribution is 2.10. The van der Waals surface area contributed by atoms with Gasteiger partial charge in [0.15, 0.2) is 0 Å². The fourth-order valence-corrected chi connectivity index (χ4v) is 1.81. The zero-order valence-corrected chi connectivity index (χ0v) is 9.65. The van der Waals surface area contributed by atoms with Crippen molar-refractivity contribution in [1.29, 1.82) is 0 Å². The van der Waals surface area contributed by atoms with Gasteiger partial charge in [-0.2, -0.15) is 5.10 Å². The van der Waals surface area contributed by atoms with Gasteiger partial charge in [-0.3, -0.25) is 5.43 Å². The van der Waals surface area contributed by atoms with Crippen LogP contribution >= 0.6 is 11.3 Å². The van der Waals surface area contributed by atoms with E-state index in [-0.39, 0.29) is 5.56 Å². The first kappa shape index (κ1) is 11.3. The lowest BCUT2D eigenvalue weighted by molar-refractivity contribution is 0.0697. The van der Waals surface area contributed by atoms with E-state index in [0.717, 1.165) is 10.6 Å². The summed E-state index contributed by atoms with van der Waals surface area (Å²) >= 11 is 1.60. The minimum absolute atomic E-state index is 0.262. The Morgan fingerprint density at radius 3 is 2.65 bits per heavy atom. The zero-order chi connectivity index (χ0) is 12.1. The van der Waals surface area contributed by atoms with Gasteiger partial charge >= 0.3 is 5.97 Å². The Kier molecular flexibility index (Phi) is 3.52. The van der Waals surface area contributed by atoms with Gasteiger partial charge < -0.3 is 5.11 Å². The summed E-state index contributed by atoms with van der Waals surface area (Å²) in [5, 5.41) is 14.7. The number of nitrogens with one attached hydrogen (secondary N) is 1. The lowest BCUT2D eigenvalue weighted by Gasteiger charge is -1.99. The van der Waals surface area contributed by atoms with Crippen molar-refractivity contribution in [2.75, 3.05) is 5.43 Å². The number of aromatic carboxylic acids is 1. The number of nitrogens with zero attached hydrogens (tertiary/aromatic N) is 1. The van der Waals surface area contributed by atoms with Crippen LogP contribution in [0.3, 0.4) is 0 Å². The van der Waals surface area contributed by atoms with Crippen molar-refractivity contribution in [3.05, 3.63) is 52.2 Å². The van der Waals surface area contributed by atoms with Gasteiger partial charge in [0.2, 0.25) is 0 Å². The lowest BCUT2D eigenvalue weighted by atomic mass is 10.2. The van der Waals surface area contributed by atoms with Crippen LogP contribution in [0.15, 0.2) is 46.9 Å². The molecule has 0 saturated heterocycles. The van der Waals surface area contributed by atoms with Crippen molar-refractivity contribution >= 4 is 29.2 Å². The van der Waals surface area contributed by atoms with Crippen LogP contribution in [-0.4, -0.2) is 17.3 Å². The number of carboxylic acid groups (broad SMARTS) is 1. The van der Waals surface area contributed by atoms with E-state index < -0.39 is 5.97 Å². The Bertz CT molecular complexity index is 518. The second-order valence-electron chi connectivity index (χ2n) is 3.27. The van der Waals surface area contributed by atoms with Gasteiger partial charge in [-0.15, -0.1) is 11.3 Å². The van der Waals surface area contributed by atoms with Crippen LogP contribution < -0.4 is 5.43 Å². The summed E-state index contributed by atoms with van der Waals surface area (Å²) in [6.45, 7) is 0. The number of hydrazone groups is 1. The molecule has 0 aliphatic carbocycles. The summed E-state index contributed by atoms with van der Waals surface area (Å²) in [4.78, 5) is 11.7. The molecule has 2 aromatic rings. The molecule has 17 heavy (non-hydrogen) atoms. The molecule has 0 spiro atoms. The standard InChI is InChI=1S/C12H10N2O2S/c15-12(16)9-3-5-10(6-4-9)14-13-8-11-2-1-7-17-11/h1-8,14H,(H,15,16). The smallest absolute Gasteiger partial charge is 0.335 e. The summed E-state index contributed by atoms with van der Waals surface area (Å²) < 4.78 is 0. The highest BCUT2D eigenvalue weighted by Gasteiger charge is 2.00. The number of hydrogen-bond acceptors (Lipinski definition) is 4. The minimum atomic E-state index is -0.932. The molecule has 0 unspecified atom stereocenters. The molecule has 1 heterocycles. The third kappa shape index (κ3) is 3.15. The molecule has 0 aliphatic heterocycles. The van der Waals surface area contributed by atoms with Gasteiger partial charge in [-0.1, -0.05) is 6.07 Å². The number of anilines is 1. The van der Waals surface area contributed by atoms with Crippen LogP contribution in [0.1, 0.15) is 15.2 Å². The van der Waals surface area contributed by atoms with Gasteiger partial charge in [-0.25, -0.2) is 4.79 Å². The van der Waals surface area contributed by atoms with E-state index in [4.69, 9.17) is 5.11 Å². The third-order valence-corrected chi connectivity index (χ3v) is 2.87. The average Bonchev–Trinajstić information content (AvgIpc) is 2.83. The van der Waals surface area contributed by atoms with Gasteiger partial charge in [-0.05, 0) is 35.7 Å². The highest BCUT2D eigenvalue weighted by molar-refractivity contribution is 7.11. The molecule has 1 aromatic heterocycles. The maximum atomic E-state index is 10.6. The molecule has 1 aromatic carbocycles. The molecule has 4 nitrogen and oxygen atoms in total. The molecule has 0 amide bonds. The van der Waals surface area contributed by atoms with Crippen LogP contribution in [0.25, 0.3) is 0 Å². The van der Waals surface area contributed by atoms with E-state index in [2.05, 4.69) is 10.5 Å². The second-order valence-corrected chi connectivity index (χ2v) is 4.25. The summed E-state index contributed by atoms with van der Waals surface area (Å²) in [6, 6.07) is 10.3. The maximum Gasteiger partial charge on any atom is 0.335 e. The normalized spacial score (nSPS) is 10.6. The van der Waals surface area contributed by atoms with Crippen molar-refractivity contribution in [3.8, 4) is 0 Å². The number of thiophene rings is 1. The van der Waals surface area contributed by atoms with E-state index >= 15 is 0 Å². The first-order valence-corrected chi connectivity index (χ1v) is 5.79. The largest absolute Gasteiger partial charge is 0.478 e. The number of carboxylic acids is 1. The monoisotopic (exact) mass is 246 g/mol. The molecule has 0 aliphatic rings. The number of carbonyl (C=O) groups is 1. The van der Waals surface area contributed by atoms with Gasteiger partial charge in [0, 0.05) is 4.88 Å². The molecule has 5 heteroatoms. The topological polar surface area (TPSA) is 61.7 Å². The lowest BCUT2D eigenvalue weighted by Crippen LogP contribution is -1.96. The molecular weight excluding hydrogens is 236 g/mol. The quantitative estimate of drug-likeness (QED) is 0.644. The minimum Gasteiger partial charge on any atom is -0.478 e. The fourth-order valence-electron chi connectivity index (χ4n) is 1.22. The summed E-state index contributed by atoms with van der Waals surface area (Å²) in [7, 11) is 0. The van der Waals surface area contributed by atoms with Gasteiger partial charge in [0.05, 0.1) is 17.5 Å². The Morgan fingerprint density at radius 1 is 1.29 bits per heavy atom. The highest BCUT2D eigenvalue weighted by atomic mass is 32.1. The SMILES string of the molecule is O=C(O)c1ccc(NN=Cc2cccs2)cc1. The fraction of sp³-hybridized carbons (Fsp3) is 0. The van der Waals surface area contributed by atoms with Crippen molar-refractivity contribution < 1.29 is 9.90 Å². The van der Waals surface area contributed by atoms with E-state index in [1.54, 1.807) is 29.7 Å². The van der Waals surface area contributed by atoms with E-state index in [9.17, 15) is 4.79 Å². The summed E-state index contributed by atoms with van der Waals surface area (Å²) in [5.74, 6) is -0.932. The molecule has 0 atom stereocenters. The first-order chi connectivity index (χ1) is 8.25. The van der Waals surface area contributed by atoms with Crippen LogP contribution in [0.2, 0.25) is 0 Å². The Balaban J connectivity index is 1.97. The first-order valence-electron chi connectivity index (χ1n) is 4.91. The second kappa shape index (κ2) is 5.27. The predicted octanol–water partition coefficient (Wildman–Crippen LogP) is 2.89. The molecule has 0 saturated carbocycles. The van der Waals surface area contributed by atoms with E-state index in [1.807, 2.05) is 17.5 Å². The molecule has 86 valence electrons. The molecule has 0 bridgehead atoms. The van der Waals surface area contributed by atoms with Crippen molar-refractivity contribution in [2.45, 2.75) is 0 Å².